The third kappa shape index (κ3) is 30.4. The molecule has 0 amide bonds. The maximum absolute atomic E-state index is 0. The summed E-state index contributed by atoms with van der Waals surface area (Å²) in [4.78, 5) is 0. The SMILES string of the molecule is [Cl-].[Cl-].[Cl-].[Cl-].[In+3].[Li+]. The zero-order chi connectivity index (χ0) is 0. The van der Waals surface area contributed by atoms with E-state index in [2.05, 4.69) is 0 Å². The first-order valence-corrected chi connectivity index (χ1v) is 0. The van der Waals surface area contributed by atoms with Crippen LogP contribution in [0.4, 0.5) is 0 Å². The fraction of sp³-hybridized carbons (Fsp3) is 0. The van der Waals surface area contributed by atoms with Crippen LogP contribution in [0.1, 0.15) is 0 Å². The molecule has 0 aliphatic carbocycles. The zero-order valence-electron chi connectivity index (χ0n) is 3.09. The summed E-state index contributed by atoms with van der Waals surface area (Å²) in [5.41, 5.74) is 0. The van der Waals surface area contributed by atoms with Gasteiger partial charge in [0, 0.05) is 0 Å². The third-order valence-electron chi connectivity index (χ3n) is 0. The molecule has 0 bridgehead atoms. The first kappa shape index (κ1) is 72.7. The molecule has 0 fully saturated rings. The maximum atomic E-state index is 0. The van der Waals surface area contributed by atoms with Crippen LogP contribution < -0.4 is 68.5 Å². The first-order chi connectivity index (χ1) is 0. The quantitative estimate of drug-likeness (QED) is 0.381. The molecule has 0 atom stereocenters. The fourth-order valence-corrected chi connectivity index (χ4v) is 0. The van der Waals surface area contributed by atoms with Crippen molar-refractivity contribution in [3.05, 3.63) is 0 Å². The van der Waals surface area contributed by atoms with E-state index < -0.39 is 0 Å². The van der Waals surface area contributed by atoms with Crippen LogP contribution >= 0.6 is 0 Å². The molecule has 0 aliphatic heterocycles. The Labute approximate surface area is 93.2 Å². The van der Waals surface area contributed by atoms with Gasteiger partial charge in [-0.3, -0.25) is 0 Å². The van der Waals surface area contributed by atoms with Gasteiger partial charge in [0.2, 0.25) is 0 Å². The Morgan fingerprint density at radius 2 is 0.500 bits per heavy atom. The topological polar surface area (TPSA) is 0 Å². The van der Waals surface area contributed by atoms with Crippen molar-refractivity contribution in [3.8, 4) is 0 Å². The van der Waals surface area contributed by atoms with Gasteiger partial charge in [0.15, 0.2) is 0 Å². The van der Waals surface area contributed by atoms with Crippen LogP contribution in [0.2, 0.25) is 0 Å². The minimum Gasteiger partial charge on any atom is -1.00 e. The fourth-order valence-electron chi connectivity index (χ4n) is 0. The Morgan fingerprint density at radius 3 is 0.500 bits per heavy atom. The van der Waals surface area contributed by atoms with Crippen molar-refractivity contribution in [2.24, 2.45) is 0 Å². The molecule has 32 valence electrons. The van der Waals surface area contributed by atoms with Crippen LogP contribution in [0, 0.1) is 0 Å². The molecule has 0 saturated carbocycles. The summed E-state index contributed by atoms with van der Waals surface area (Å²) in [6.07, 6.45) is 0. The first-order valence-electron chi connectivity index (χ1n) is 0. The van der Waals surface area contributed by atoms with Crippen molar-refractivity contribution >= 4 is 25.8 Å². The van der Waals surface area contributed by atoms with Crippen molar-refractivity contribution in [2.75, 3.05) is 0 Å². The summed E-state index contributed by atoms with van der Waals surface area (Å²) in [5, 5.41) is 0. The van der Waals surface area contributed by atoms with E-state index in [0.29, 0.717) is 0 Å². The van der Waals surface area contributed by atoms with Crippen molar-refractivity contribution in [1.82, 2.24) is 0 Å². The standard InChI is InChI=1S/4ClH.In.Li/h4*1H;;/q;;;;+3;+1/p-4. The number of halogens is 4. The zero-order valence-corrected chi connectivity index (χ0v) is 9.41. The van der Waals surface area contributed by atoms with E-state index in [0.717, 1.165) is 0 Å². The molecule has 0 nitrogen and oxygen atoms in total. The van der Waals surface area contributed by atoms with E-state index in [1.807, 2.05) is 0 Å². The minimum atomic E-state index is 0. The van der Waals surface area contributed by atoms with Gasteiger partial charge in [0.05, 0.1) is 0 Å². The van der Waals surface area contributed by atoms with Crippen LogP contribution in [-0.4, -0.2) is 25.8 Å². The Hall–Kier alpha value is 2.63. The summed E-state index contributed by atoms with van der Waals surface area (Å²) in [6.45, 7) is 0. The maximum Gasteiger partial charge on any atom is 3.00 e. The molecule has 0 unspecified atom stereocenters. The molecule has 6 heteroatoms. The van der Waals surface area contributed by atoms with Gasteiger partial charge in [-0.25, -0.2) is 0 Å². The van der Waals surface area contributed by atoms with Crippen LogP contribution in [0.5, 0.6) is 0 Å². The van der Waals surface area contributed by atoms with Crippen LogP contribution in [0.25, 0.3) is 0 Å². The minimum absolute atomic E-state index is 0. The molecule has 0 N–H and O–H groups in total. The van der Waals surface area contributed by atoms with E-state index in [-0.39, 0.29) is 94.3 Å². The molecule has 0 heterocycles. The summed E-state index contributed by atoms with van der Waals surface area (Å²) in [7, 11) is 0. The van der Waals surface area contributed by atoms with Crippen molar-refractivity contribution < 1.29 is 68.5 Å². The molecule has 0 saturated heterocycles. The second-order valence-electron chi connectivity index (χ2n) is 0. The largest absolute Gasteiger partial charge is 3.00 e. The van der Waals surface area contributed by atoms with Gasteiger partial charge in [-0.2, -0.15) is 0 Å². The van der Waals surface area contributed by atoms with Crippen molar-refractivity contribution in [1.29, 1.82) is 0 Å². The Kier molecular flexibility index (Phi) is 588. The summed E-state index contributed by atoms with van der Waals surface area (Å²) < 4.78 is 0. The van der Waals surface area contributed by atoms with Crippen LogP contribution in [-0.2, 0) is 0 Å². The molecular formula is Cl4InLi. The summed E-state index contributed by atoms with van der Waals surface area (Å²) in [6, 6.07) is 0. The molecule has 0 aromatic rings. The molecule has 0 aromatic carbocycles. The molecule has 0 rings (SSSR count). The van der Waals surface area contributed by atoms with Gasteiger partial charge < -0.3 is 49.6 Å². The monoisotopic (exact) mass is 262 g/mol. The van der Waals surface area contributed by atoms with Gasteiger partial charge in [0.25, 0.3) is 0 Å². The van der Waals surface area contributed by atoms with Gasteiger partial charge in [0.1, 0.15) is 0 Å². The van der Waals surface area contributed by atoms with E-state index >= 15 is 0 Å². The predicted molar refractivity (Wildman–Crippen MR) is 5.75 cm³/mol. The van der Waals surface area contributed by atoms with Crippen molar-refractivity contribution in [2.45, 2.75) is 0 Å². The Morgan fingerprint density at radius 1 is 0.500 bits per heavy atom. The molecule has 0 spiro atoms. The third-order valence-corrected chi connectivity index (χ3v) is 0. The molecule has 0 aromatic heterocycles. The summed E-state index contributed by atoms with van der Waals surface area (Å²) in [5.74, 6) is 0. The molecular weight excluding hydrogens is 264 g/mol. The van der Waals surface area contributed by atoms with Crippen LogP contribution in [0.15, 0.2) is 0 Å². The molecule has 0 radical (unpaired) electrons. The Balaban J connectivity index is 0. The average molecular weight is 264 g/mol. The van der Waals surface area contributed by atoms with E-state index in [4.69, 9.17) is 0 Å². The number of rotatable bonds is 0. The average Bonchev–Trinajstić information content (AvgIpc) is 0. The van der Waals surface area contributed by atoms with Gasteiger partial charge in [-0.05, 0) is 0 Å². The van der Waals surface area contributed by atoms with E-state index in [1.54, 1.807) is 0 Å². The number of hydrogen-bond donors (Lipinski definition) is 0. The van der Waals surface area contributed by atoms with Gasteiger partial charge in [-0.1, -0.05) is 0 Å². The number of hydrogen-bond acceptors (Lipinski definition) is 0. The molecule has 0 aliphatic rings. The Bertz CT molecular complexity index is 7.51. The normalized spacial score (nSPS) is 0. The predicted octanol–water partition coefficient (Wildman–Crippen LogP) is -15.4. The van der Waals surface area contributed by atoms with E-state index in [9.17, 15) is 0 Å². The van der Waals surface area contributed by atoms with Crippen molar-refractivity contribution in [3.63, 3.8) is 0 Å². The summed E-state index contributed by atoms with van der Waals surface area (Å²) >= 11 is 0. The van der Waals surface area contributed by atoms with Gasteiger partial charge >= 0.3 is 44.7 Å². The van der Waals surface area contributed by atoms with Crippen LogP contribution in [0.3, 0.4) is 0 Å². The second-order valence-corrected chi connectivity index (χ2v) is 0. The smallest absolute Gasteiger partial charge is 1.00 e. The van der Waals surface area contributed by atoms with E-state index in [1.165, 1.54) is 0 Å². The van der Waals surface area contributed by atoms with Gasteiger partial charge in [-0.15, -0.1) is 0 Å². The molecule has 6 heavy (non-hydrogen) atoms. The second kappa shape index (κ2) is 48.5.